The second kappa shape index (κ2) is 3.96. The van der Waals surface area contributed by atoms with Gasteiger partial charge in [0.2, 0.25) is 0 Å². The SMILES string of the molecule is [CH2-][OH+]Cc1ccc(Cl)c(Cl)c1. The first-order valence-electron chi connectivity index (χ1n) is 3.10. The molecule has 3 heteroatoms. The van der Waals surface area contributed by atoms with Gasteiger partial charge in [0.25, 0.3) is 0 Å². The molecule has 0 aromatic heterocycles. The van der Waals surface area contributed by atoms with Crippen molar-refractivity contribution in [1.29, 1.82) is 0 Å². The average Bonchev–Trinajstić information content (AvgIpc) is 1.98. The third kappa shape index (κ3) is 2.37. The van der Waals surface area contributed by atoms with E-state index in [9.17, 15) is 0 Å². The fourth-order valence-corrected chi connectivity index (χ4v) is 1.09. The highest BCUT2D eigenvalue weighted by Gasteiger charge is 1.98. The van der Waals surface area contributed by atoms with Crippen molar-refractivity contribution in [3.63, 3.8) is 0 Å². The quantitative estimate of drug-likeness (QED) is 0.503. The summed E-state index contributed by atoms with van der Waals surface area (Å²) in [5, 5.41) is 1.13. The summed E-state index contributed by atoms with van der Waals surface area (Å²) >= 11 is 11.5. The van der Waals surface area contributed by atoms with Crippen LogP contribution in [0.15, 0.2) is 18.2 Å². The molecule has 0 fully saturated rings. The van der Waals surface area contributed by atoms with Crippen LogP contribution >= 0.6 is 23.2 Å². The third-order valence-corrected chi connectivity index (χ3v) is 2.02. The maximum atomic E-state index is 5.76. The van der Waals surface area contributed by atoms with Crippen molar-refractivity contribution < 1.29 is 4.74 Å². The molecule has 1 N–H and O–H groups in total. The molecule has 0 spiro atoms. The monoisotopic (exact) mass is 190 g/mol. The zero-order valence-corrected chi connectivity index (χ0v) is 7.36. The van der Waals surface area contributed by atoms with Crippen LogP contribution < -0.4 is 0 Å². The Labute approximate surface area is 75.9 Å². The number of rotatable bonds is 2. The van der Waals surface area contributed by atoms with Crippen molar-refractivity contribution in [2.45, 2.75) is 6.61 Å². The first-order chi connectivity index (χ1) is 5.24. The van der Waals surface area contributed by atoms with Gasteiger partial charge < -0.3 is 4.74 Å². The Morgan fingerprint density at radius 3 is 2.55 bits per heavy atom. The van der Waals surface area contributed by atoms with E-state index in [0.29, 0.717) is 16.7 Å². The summed E-state index contributed by atoms with van der Waals surface area (Å²) in [6.45, 7) is 0.580. The summed E-state index contributed by atoms with van der Waals surface area (Å²) in [6.07, 6.45) is 0. The lowest BCUT2D eigenvalue weighted by atomic mass is 10.2. The molecule has 0 saturated carbocycles. The molecule has 11 heavy (non-hydrogen) atoms. The molecule has 0 amide bonds. The predicted molar refractivity (Wildman–Crippen MR) is 47.7 cm³/mol. The van der Waals surface area contributed by atoms with Gasteiger partial charge in [-0.25, -0.2) is 0 Å². The molecule has 0 unspecified atom stereocenters. The molecule has 60 valence electrons. The maximum absolute atomic E-state index is 5.76. The van der Waals surface area contributed by atoms with Gasteiger partial charge in [-0.2, -0.15) is 0 Å². The number of halogens is 2. The minimum Gasteiger partial charge on any atom is -0.578 e. The van der Waals surface area contributed by atoms with E-state index in [2.05, 4.69) is 11.8 Å². The van der Waals surface area contributed by atoms with Crippen LogP contribution in [0.5, 0.6) is 0 Å². The van der Waals surface area contributed by atoms with Crippen molar-refractivity contribution in [3.8, 4) is 0 Å². The smallest absolute Gasteiger partial charge is 0.145 e. The molecule has 1 nitrogen and oxygen atoms in total. The zero-order chi connectivity index (χ0) is 8.27. The van der Waals surface area contributed by atoms with Crippen molar-refractivity contribution in [2.75, 3.05) is 0 Å². The van der Waals surface area contributed by atoms with E-state index in [-0.39, 0.29) is 0 Å². The van der Waals surface area contributed by atoms with Gasteiger partial charge in [-0.15, -0.1) is 0 Å². The summed E-state index contributed by atoms with van der Waals surface area (Å²) in [6, 6.07) is 5.42. The minimum absolute atomic E-state index is 0.563. The topological polar surface area (TPSA) is 12.8 Å². The Hall–Kier alpha value is -0.240. The lowest BCUT2D eigenvalue weighted by molar-refractivity contribution is 0.0401. The van der Waals surface area contributed by atoms with Crippen molar-refractivity contribution in [2.24, 2.45) is 0 Å². The summed E-state index contributed by atoms with van der Waals surface area (Å²) in [5.74, 6) is 0. The van der Waals surface area contributed by atoms with Crippen LogP contribution in [0.25, 0.3) is 0 Å². The van der Waals surface area contributed by atoms with E-state index in [1.54, 1.807) is 12.1 Å². The Morgan fingerprint density at radius 2 is 2.00 bits per heavy atom. The number of ether oxygens (including phenoxy) is 1. The molecule has 1 aromatic rings. The first-order valence-corrected chi connectivity index (χ1v) is 3.86. The van der Waals surface area contributed by atoms with E-state index >= 15 is 0 Å². The van der Waals surface area contributed by atoms with Crippen LogP contribution in [0, 0.1) is 7.11 Å². The largest absolute Gasteiger partial charge is 0.578 e. The van der Waals surface area contributed by atoms with E-state index in [1.165, 1.54) is 0 Å². The normalized spacial score (nSPS) is 10.1. The van der Waals surface area contributed by atoms with Gasteiger partial charge in [-0.1, -0.05) is 30.3 Å². The zero-order valence-electron chi connectivity index (χ0n) is 5.85. The molecule has 1 rings (SSSR count). The van der Waals surface area contributed by atoms with Crippen molar-refractivity contribution >= 4 is 23.2 Å². The molecule has 1 aromatic carbocycles. The first kappa shape index (κ1) is 8.85. The molecule has 0 heterocycles. The Balaban J connectivity index is 2.86. The fourth-order valence-electron chi connectivity index (χ4n) is 0.767. The summed E-state index contributed by atoms with van der Waals surface area (Å²) in [4.78, 5) is 0. The van der Waals surface area contributed by atoms with Crippen molar-refractivity contribution in [1.82, 2.24) is 0 Å². The van der Waals surface area contributed by atoms with E-state index in [4.69, 9.17) is 23.2 Å². The highest BCUT2D eigenvalue weighted by Crippen LogP contribution is 2.22. The third-order valence-electron chi connectivity index (χ3n) is 1.28. The van der Waals surface area contributed by atoms with Gasteiger partial charge in [0.15, 0.2) is 0 Å². The lowest BCUT2D eigenvalue weighted by Gasteiger charge is -2.01. The van der Waals surface area contributed by atoms with Gasteiger partial charge in [-0.05, 0) is 18.2 Å². The van der Waals surface area contributed by atoms with E-state index in [1.807, 2.05) is 6.07 Å². The van der Waals surface area contributed by atoms with Gasteiger partial charge >= 0.3 is 0 Å². The number of benzene rings is 1. The highest BCUT2D eigenvalue weighted by atomic mass is 35.5. The molecule has 0 radical (unpaired) electrons. The van der Waals surface area contributed by atoms with Crippen LogP contribution in [0.2, 0.25) is 10.0 Å². The molecule has 0 saturated heterocycles. The highest BCUT2D eigenvalue weighted by molar-refractivity contribution is 6.41. The summed E-state index contributed by atoms with van der Waals surface area (Å²) in [7, 11) is 3.38. The average molecular weight is 191 g/mol. The number of hydrogen-bond acceptors (Lipinski definition) is 0. The molecule has 0 aliphatic carbocycles. The predicted octanol–water partition coefficient (Wildman–Crippen LogP) is 2.81. The van der Waals surface area contributed by atoms with Crippen LogP contribution in [0.3, 0.4) is 0 Å². The maximum Gasteiger partial charge on any atom is 0.145 e. The Bertz CT molecular complexity index is 248. The molecule has 0 aliphatic heterocycles. The van der Waals surface area contributed by atoms with E-state index in [0.717, 1.165) is 5.56 Å². The van der Waals surface area contributed by atoms with Crippen LogP contribution in [-0.4, -0.2) is 4.74 Å². The standard InChI is InChI=1S/C8H8Cl2O/c1-11-5-6-2-3-7(9)8(10)4-6/h2-4,11H,1,5H2. The summed E-state index contributed by atoms with van der Waals surface area (Å²) in [5.41, 5.74) is 1.02. The van der Waals surface area contributed by atoms with Crippen LogP contribution in [0.4, 0.5) is 0 Å². The van der Waals surface area contributed by atoms with Crippen LogP contribution in [0.1, 0.15) is 5.56 Å². The van der Waals surface area contributed by atoms with Gasteiger partial charge in [0.1, 0.15) is 6.61 Å². The van der Waals surface area contributed by atoms with Gasteiger partial charge in [0, 0.05) is 5.56 Å². The number of hydrogen-bond donors (Lipinski definition) is 0. The van der Waals surface area contributed by atoms with E-state index < -0.39 is 0 Å². The number of aliphatic hydroxyl groups is 2. The minimum atomic E-state index is 0.563. The molecule has 0 atom stereocenters. The molecular weight excluding hydrogens is 183 g/mol. The molecule has 0 bridgehead atoms. The fraction of sp³-hybridized carbons (Fsp3) is 0.125. The van der Waals surface area contributed by atoms with Crippen LogP contribution in [-0.2, 0) is 6.61 Å². The molecule has 0 aliphatic rings. The second-order valence-electron chi connectivity index (χ2n) is 2.13. The lowest BCUT2D eigenvalue weighted by Crippen LogP contribution is -1.88. The Morgan fingerprint density at radius 1 is 1.27 bits per heavy atom. The Kier molecular flexibility index (Phi) is 3.18. The van der Waals surface area contributed by atoms with Crippen molar-refractivity contribution in [3.05, 3.63) is 40.9 Å². The van der Waals surface area contributed by atoms with Gasteiger partial charge in [0.05, 0.1) is 10.0 Å². The summed E-state index contributed by atoms with van der Waals surface area (Å²) < 4.78 is 3.72. The van der Waals surface area contributed by atoms with Gasteiger partial charge in [-0.3, -0.25) is 0 Å². The molecular formula is C8H8Cl2O. The second-order valence-corrected chi connectivity index (χ2v) is 2.94.